The molecule has 2 N–H and O–H groups in total. The van der Waals surface area contributed by atoms with Crippen molar-refractivity contribution in [3.63, 3.8) is 0 Å². The van der Waals surface area contributed by atoms with Crippen molar-refractivity contribution in [3.8, 4) is 0 Å². The van der Waals surface area contributed by atoms with Crippen LogP contribution in [0.5, 0.6) is 0 Å². The standard InChI is InChI=1S/C21H30N4O/c1-24-19(8-12-23-24)20(26)15-22-18-9-13-25(21(14-18)10-5-11-21)16-17-6-3-2-4-7-17/h2-4,6-8,12,18,20,22,26H,5,9-11,13-16H2,1H3. The molecule has 2 aromatic rings. The lowest BCUT2D eigenvalue weighted by Gasteiger charge is -2.55. The Morgan fingerprint density at radius 3 is 2.73 bits per heavy atom. The molecule has 26 heavy (non-hydrogen) atoms. The first-order chi connectivity index (χ1) is 12.7. The Bertz CT molecular complexity index is 710. The minimum atomic E-state index is -0.498. The molecule has 2 fully saturated rings. The summed E-state index contributed by atoms with van der Waals surface area (Å²) in [6.45, 7) is 2.79. The maximum atomic E-state index is 10.4. The molecule has 1 spiro atoms. The van der Waals surface area contributed by atoms with Crippen LogP contribution in [0.2, 0.25) is 0 Å². The summed E-state index contributed by atoms with van der Waals surface area (Å²) in [7, 11) is 1.88. The molecule has 1 saturated heterocycles. The number of aliphatic hydroxyl groups is 1. The zero-order chi connectivity index (χ0) is 18.0. The van der Waals surface area contributed by atoms with Gasteiger partial charge in [-0.2, -0.15) is 5.10 Å². The number of hydrogen-bond donors (Lipinski definition) is 2. The number of aromatic nitrogens is 2. The van der Waals surface area contributed by atoms with Crippen LogP contribution in [0.3, 0.4) is 0 Å². The molecule has 2 heterocycles. The molecule has 2 unspecified atom stereocenters. The quantitative estimate of drug-likeness (QED) is 0.837. The number of benzene rings is 1. The minimum absolute atomic E-state index is 0.364. The number of rotatable bonds is 6. The van der Waals surface area contributed by atoms with E-state index in [0.29, 0.717) is 18.1 Å². The first-order valence-electron chi connectivity index (χ1n) is 9.85. The fraction of sp³-hybridized carbons (Fsp3) is 0.571. The second-order valence-electron chi connectivity index (χ2n) is 7.98. The monoisotopic (exact) mass is 354 g/mol. The summed E-state index contributed by atoms with van der Waals surface area (Å²) in [6, 6.07) is 13.2. The fourth-order valence-electron chi connectivity index (χ4n) is 4.66. The predicted molar refractivity (Wildman–Crippen MR) is 103 cm³/mol. The van der Waals surface area contributed by atoms with E-state index in [1.54, 1.807) is 10.9 Å². The zero-order valence-corrected chi connectivity index (χ0v) is 15.6. The summed E-state index contributed by atoms with van der Waals surface area (Å²) in [5.41, 5.74) is 2.65. The first-order valence-corrected chi connectivity index (χ1v) is 9.85. The molecule has 1 aliphatic heterocycles. The second kappa shape index (κ2) is 7.51. The van der Waals surface area contributed by atoms with Crippen molar-refractivity contribution in [1.82, 2.24) is 20.0 Å². The highest BCUT2D eigenvalue weighted by atomic mass is 16.3. The van der Waals surface area contributed by atoms with E-state index in [9.17, 15) is 5.11 Å². The number of hydrogen-bond acceptors (Lipinski definition) is 4. The first kappa shape index (κ1) is 17.7. The van der Waals surface area contributed by atoms with Crippen molar-refractivity contribution in [2.75, 3.05) is 13.1 Å². The van der Waals surface area contributed by atoms with Gasteiger partial charge in [-0.3, -0.25) is 9.58 Å². The van der Waals surface area contributed by atoms with Crippen molar-refractivity contribution < 1.29 is 5.11 Å². The van der Waals surface area contributed by atoms with Crippen molar-refractivity contribution >= 4 is 0 Å². The highest BCUT2D eigenvalue weighted by Gasteiger charge is 2.46. The SMILES string of the molecule is Cn1nccc1C(O)CNC1CCN(Cc2ccccc2)C2(CCC2)C1. The van der Waals surface area contributed by atoms with Gasteiger partial charge >= 0.3 is 0 Å². The average molecular weight is 354 g/mol. The van der Waals surface area contributed by atoms with Crippen LogP contribution in [0.1, 0.15) is 49.5 Å². The second-order valence-corrected chi connectivity index (χ2v) is 7.98. The van der Waals surface area contributed by atoms with Gasteiger partial charge in [-0.1, -0.05) is 30.3 Å². The molecule has 1 aliphatic carbocycles. The van der Waals surface area contributed by atoms with E-state index < -0.39 is 6.10 Å². The van der Waals surface area contributed by atoms with E-state index in [1.807, 2.05) is 13.1 Å². The van der Waals surface area contributed by atoms with Gasteiger partial charge in [0.25, 0.3) is 0 Å². The molecule has 1 aromatic heterocycles. The molecular formula is C21H30N4O. The van der Waals surface area contributed by atoms with Crippen LogP contribution >= 0.6 is 0 Å². The third kappa shape index (κ3) is 3.56. The van der Waals surface area contributed by atoms with Gasteiger partial charge in [0.2, 0.25) is 0 Å². The molecule has 1 aromatic carbocycles. The van der Waals surface area contributed by atoms with Gasteiger partial charge in [0.15, 0.2) is 0 Å². The number of aryl methyl sites for hydroxylation is 1. The van der Waals surface area contributed by atoms with Crippen LogP contribution in [0, 0.1) is 0 Å². The third-order valence-corrected chi connectivity index (χ3v) is 6.35. The molecule has 0 amide bonds. The molecule has 0 radical (unpaired) electrons. The van der Waals surface area contributed by atoms with Gasteiger partial charge in [-0.15, -0.1) is 0 Å². The summed E-state index contributed by atoms with van der Waals surface area (Å²) in [5.74, 6) is 0. The van der Waals surface area contributed by atoms with Gasteiger partial charge in [0.1, 0.15) is 6.10 Å². The summed E-state index contributed by atoms with van der Waals surface area (Å²) >= 11 is 0. The lowest BCUT2D eigenvalue weighted by atomic mass is 9.68. The van der Waals surface area contributed by atoms with Gasteiger partial charge < -0.3 is 10.4 Å². The zero-order valence-electron chi connectivity index (χ0n) is 15.6. The third-order valence-electron chi connectivity index (χ3n) is 6.35. The maximum absolute atomic E-state index is 10.4. The predicted octanol–water partition coefficient (Wildman–Crippen LogP) is 2.63. The fourth-order valence-corrected chi connectivity index (χ4v) is 4.66. The normalized spacial score (nSPS) is 23.7. The highest BCUT2D eigenvalue weighted by Crippen LogP contribution is 2.45. The minimum Gasteiger partial charge on any atom is -0.385 e. The molecule has 2 atom stereocenters. The Balaban J connectivity index is 1.34. The van der Waals surface area contributed by atoms with Gasteiger partial charge in [-0.25, -0.2) is 0 Å². The summed E-state index contributed by atoms with van der Waals surface area (Å²) in [4.78, 5) is 2.71. The summed E-state index contributed by atoms with van der Waals surface area (Å²) in [5, 5.41) is 18.2. The van der Waals surface area contributed by atoms with Gasteiger partial charge in [-0.05, 0) is 43.7 Å². The summed E-state index contributed by atoms with van der Waals surface area (Å²) < 4.78 is 1.75. The molecule has 0 bridgehead atoms. The van der Waals surface area contributed by atoms with Crippen molar-refractivity contribution in [1.29, 1.82) is 0 Å². The Morgan fingerprint density at radius 2 is 2.08 bits per heavy atom. The van der Waals surface area contributed by atoms with E-state index >= 15 is 0 Å². The van der Waals surface area contributed by atoms with E-state index in [4.69, 9.17) is 0 Å². The Kier molecular flexibility index (Phi) is 5.11. The molecule has 2 aliphatic rings. The number of nitrogens with one attached hydrogen (secondary N) is 1. The average Bonchev–Trinajstić information content (AvgIpc) is 3.06. The number of likely N-dealkylation sites (tertiary alicyclic amines) is 1. The Morgan fingerprint density at radius 1 is 1.27 bits per heavy atom. The van der Waals surface area contributed by atoms with Crippen LogP contribution in [-0.4, -0.2) is 44.5 Å². The van der Waals surface area contributed by atoms with Crippen molar-refractivity contribution in [2.24, 2.45) is 7.05 Å². The lowest BCUT2D eigenvalue weighted by Crippen LogP contribution is -2.61. The molecule has 5 nitrogen and oxygen atoms in total. The Hall–Kier alpha value is -1.69. The molecule has 140 valence electrons. The van der Waals surface area contributed by atoms with E-state index in [2.05, 4.69) is 45.6 Å². The van der Waals surface area contributed by atoms with Crippen LogP contribution < -0.4 is 5.32 Å². The van der Waals surface area contributed by atoms with Crippen molar-refractivity contribution in [3.05, 3.63) is 53.9 Å². The van der Waals surface area contributed by atoms with Crippen LogP contribution in [0.4, 0.5) is 0 Å². The van der Waals surface area contributed by atoms with Crippen molar-refractivity contribution in [2.45, 2.75) is 56.3 Å². The molecule has 1 saturated carbocycles. The van der Waals surface area contributed by atoms with Gasteiger partial charge in [0, 0.05) is 44.5 Å². The number of piperidine rings is 1. The molecule has 5 heteroatoms. The van der Waals surface area contributed by atoms with Crippen LogP contribution in [0.15, 0.2) is 42.6 Å². The topological polar surface area (TPSA) is 53.3 Å². The highest BCUT2D eigenvalue weighted by molar-refractivity contribution is 5.16. The molecular weight excluding hydrogens is 324 g/mol. The van der Waals surface area contributed by atoms with Crippen LogP contribution in [0.25, 0.3) is 0 Å². The smallest absolute Gasteiger partial charge is 0.108 e. The maximum Gasteiger partial charge on any atom is 0.108 e. The number of nitrogens with zero attached hydrogens (tertiary/aromatic N) is 3. The number of aliphatic hydroxyl groups excluding tert-OH is 1. The van der Waals surface area contributed by atoms with E-state index in [1.165, 1.54) is 31.2 Å². The largest absolute Gasteiger partial charge is 0.385 e. The molecule has 4 rings (SSSR count). The van der Waals surface area contributed by atoms with Gasteiger partial charge in [0.05, 0.1) is 5.69 Å². The lowest BCUT2D eigenvalue weighted by molar-refractivity contribution is -0.0359. The van der Waals surface area contributed by atoms with Crippen LogP contribution in [-0.2, 0) is 13.6 Å². The van der Waals surface area contributed by atoms with E-state index in [0.717, 1.165) is 25.2 Å². The summed E-state index contributed by atoms with van der Waals surface area (Å²) in [6.07, 6.45) is 7.54. The van der Waals surface area contributed by atoms with E-state index in [-0.39, 0.29) is 0 Å². The Labute approximate surface area is 156 Å².